The molecule has 2 N–H and O–H groups in total. The molecule has 0 bridgehead atoms. The maximum absolute atomic E-state index is 6.13. The van der Waals surface area contributed by atoms with Crippen LogP contribution >= 0.6 is 0 Å². The normalized spacial score (nSPS) is 24.1. The van der Waals surface area contributed by atoms with E-state index in [9.17, 15) is 0 Å². The molecular weight excluding hydrogens is 260 g/mol. The van der Waals surface area contributed by atoms with Crippen molar-refractivity contribution >= 4 is 0 Å². The van der Waals surface area contributed by atoms with Crippen molar-refractivity contribution in [1.29, 1.82) is 0 Å². The summed E-state index contributed by atoms with van der Waals surface area (Å²) >= 11 is 0. The van der Waals surface area contributed by atoms with Gasteiger partial charge in [-0.15, -0.1) is 0 Å². The number of piperidine rings is 1. The molecule has 3 rings (SSSR count). The topological polar surface area (TPSA) is 47.1 Å². The van der Waals surface area contributed by atoms with E-state index in [1.54, 1.807) is 0 Å². The molecule has 4 heteroatoms. The van der Waals surface area contributed by atoms with E-state index in [0.717, 1.165) is 0 Å². The first-order valence-electron chi connectivity index (χ1n) is 8.69. The van der Waals surface area contributed by atoms with Crippen molar-refractivity contribution in [1.82, 2.24) is 14.5 Å². The molecule has 2 fully saturated rings. The Morgan fingerprint density at radius 3 is 2.48 bits per heavy atom. The van der Waals surface area contributed by atoms with E-state index in [-0.39, 0.29) is 0 Å². The lowest BCUT2D eigenvalue weighted by atomic mass is 9.74. The lowest BCUT2D eigenvalue weighted by molar-refractivity contribution is 0.0656. The largest absolute Gasteiger partial charge is 0.330 e. The minimum absolute atomic E-state index is 0.347. The standard InChI is InChI=1S/C17H30N4/c1-3-17(4-2)7-9-20(10-8-17)15(11-18)16-12-19-13-21(16)14-5-6-14/h12-15H,3-11,18H2,1-2H3. The highest BCUT2D eigenvalue weighted by atomic mass is 15.2. The molecule has 0 amide bonds. The number of hydrogen-bond donors (Lipinski definition) is 1. The van der Waals surface area contributed by atoms with Gasteiger partial charge in [0, 0.05) is 18.8 Å². The third-order valence-corrected chi connectivity index (χ3v) is 6.00. The lowest BCUT2D eigenvalue weighted by Gasteiger charge is -2.43. The van der Waals surface area contributed by atoms with E-state index in [2.05, 4.69) is 28.3 Å². The predicted octanol–water partition coefficient (Wildman–Crippen LogP) is 3.12. The Balaban J connectivity index is 1.71. The minimum atomic E-state index is 0.347. The molecule has 0 spiro atoms. The summed E-state index contributed by atoms with van der Waals surface area (Å²) in [4.78, 5) is 6.99. The molecule has 1 aromatic heterocycles. The molecule has 2 aliphatic rings. The average molecular weight is 290 g/mol. The summed E-state index contributed by atoms with van der Waals surface area (Å²) in [6.45, 7) is 7.76. The summed E-state index contributed by atoms with van der Waals surface area (Å²) in [7, 11) is 0. The Kier molecular flexibility index (Phi) is 4.36. The second kappa shape index (κ2) is 6.09. The second-order valence-electron chi connectivity index (χ2n) is 6.95. The first-order valence-corrected chi connectivity index (χ1v) is 8.69. The summed E-state index contributed by atoms with van der Waals surface area (Å²) in [5, 5.41) is 0. The van der Waals surface area contributed by atoms with Crippen molar-refractivity contribution in [2.45, 2.75) is 64.5 Å². The van der Waals surface area contributed by atoms with Crippen LogP contribution in [-0.4, -0.2) is 34.1 Å². The van der Waals surface area contributed by atoms with E-state index in [1.165, 1.54) is 57.3 Å². The van der Waals surface area contributed by atoms with Crippen LogP contribution in [0.5, 0.6) is 0 Å². The van der Waals surface area contributed by atoms with Gasteiger partial charge in [-0.2, -0.15) is 0 Å². The maximum atomic E-state index is 6.13. The molecular formula is C17H30N4. The number of rotatable bonds is 6. The van der Waals surface area contributed by atoms with Gasteiger partial charge in [0.25, 0.3) is 0 Å². The Bertz CT molecular complexity index is 449. The fourth-order valence-corrected chi connectivity index (χ4v) is 3.95. The average Bonchev–Trinajstić information content (AvgIpc) is 3.28. The van der Waals surface area contributed by atoms with Crippen molar-refractivity contribution in [3.63, 3.8) is 0 Å². The highest BCUT2D eigenvalue weighted by Gasteiger charge is 2.35. The predicted molar refractivity (Wildman–Crippen MR) is 86.1 cm³/mol. The van der Waals surface area contributed by atoms with Gasteiger partial charge in [0.05, 0.1) is 18.1 Å². The molecule has 1 unspecified atom stereocenters. The van der Waals surface area contributed by atoms with E-state index < -0.39 is 0 Å². The van der Waals surface area contributed by atoms with Crippen molar-refractivity contribution in [3.05, 3.63) is 18.2 Å². The number of likely N-dealkylation sites (tertiary alicyclic amines) is 1. The van der Waals surface area contributed by atoms with Crippen molar-refractivity contribution < 1.29 is 0 Å². The quantitative estimate of drug-likeness (QED) is 0.875. The third-order valence-electron chi connectivity index (χ3n) is 6.00. The highest BCUT2D eigenvalue weighted by Crippen LogP contribution is 2.41. The first-order chi connectivity index (χ1) is 10.2. The van der Waals surface area contributed by atoms with Crippen LogP contribution < -0.4 is 5.73 Å². The number of nitrogens with two attached hydrogens (primary N) is 1. The van der Waals surface area contributed by atoms with Crippen LogP contribution in [-0.2, 0) is 0 Å². The van der Waals surface area contributed by atoms with Crippen molar-refractivity contribution in [2.24, 2.45) is 11.1 Å². The molecule has 1 aliphatic heterocycles. The van der Waals surface area contributed by atoms with Gasteiger partial charge in [-0.3, -0.25) is 4.90 Å². The molecule has 4 nitrogen and oxygen atoms in total. The van der Waals surface area contributed by atoms with Gasteiger partial charge in [0.2, 0.25) is 0 Å². The monoisotopic (exact) mass is 290 g/mol. The van der Waals surface area contributed by atoms with Gasteiger partial charge >= 0.3 is 0 Å². The molecule has 1 atom stereocenters. The fraction of sp³-hybridized carbons (Fsp3) is 0.824. The van der Waals surface area contributed by atoms with Crippen LogP contribution in [0, 0.1) is 5.41 Å². The van der Waals surface area contributed by atoms with E-state index >= 15 is 0 Å². The van der Waals surface area contributed by atoms with Crippen LogP contribution in [0.3, 0.4) is 0 Å². The Hall–Kier alpha value is -0.870. The lowest BCUT2D eigenvalue weighted by Crippen LogP contribution is -2.44. The van der Waals surface area contributed by atoms with Gasteiger partial charge in [-0.25, -0.2) is 4.98 Å². The molecule has 21 heavy (non-hydrogen) atoms. The Morgan fingerprint density at radius 1 is 1.29 bits per heavy atom. The van der Waals surface area contributed by atoms with E-state index in [0.29, 0.717) is 24.0 Å². The summed E-state index contributed by atoms with van der Waals surface area (Å²) in [5.41, 5.74) is 8.04. The summed E-state index contributed by atoms with van der Waals surface area (Å²) in [5.74, 6) is 0. The SMILES string of the molecule is CCC1(CC)CCN(C(CN)c2cncn2C2CC2)CC1. The minimum Gasteiger partial charge on any atom is -0.330 e. The molecule has 2 heterocycles. The van der Waals surface area contributed by atoms with E-state index in [4.69, 9.17) is 5.73 Å². The molecule has 1 saturated heterocycles. The number of nitrogens with zero attached hydrogens (tertiary/aromatic N) is 3. The number of hydrogen-bond acceptors (Lipinski definition) is 3. The zero-order valence-corrected chi connectivity index (χ0v) is 13.6. The van der Waals surface area contributed by atoms with Crippen molar-refractivity contribution in [3.8, 4) is 0 Å². The maximum Gasteiger partial charge on any atom is 0.0951 e. The summed E-state index contributed by atoms with van der Waals surface area (Å²) < 4.78 is 2.37. The second-order valence-corrected chi connectivity index (χ2v) is 6.95. The van der Waals surface area contributed by atoms with Crippen LogP contribution in [0.25, 0.3) is 0 Å². The summed E-state index contributed by atoms with van der Waals surface area (Å²) in [6, 6.07) is 1.03. The van der Waals surface area contributed by atoms with Gasteiger partial charge in [-0.05, 0) is 44.2 Å². The zero-order chi connectivity index (χ0) is 14.9. The fourth-order valence-electron chi connectivity index (χ4n) is 3.95. The molecule has 1 aromatic rings. The van der Waals surface area contributed by atoms with Crippen molar-refractivity contribution in [2.75, 3.05) is 19.6 Å². The molecule has 118 valence electrons. The Labute approximate surface area is 128 Å². The highest BCUT2D eigenvalue weighted by molar-refractivity contribution is 5.10. The zero-order valence-electron chi connectivity index (χ0n) is 13.6. The Morgan fingerprint density at radius 2 is 1.95 bits per heavy atom. The third kappa shape index (κ3) is 2.88. The van der Waals surface area contributed by atoms with Crippen LogP contribution in [0.1, 0.15) is 70.2 Å². The summed E-state index contributed by atoms with van der Waals surface area (Å²) in [6.07, 6.45) is 11.9. The molecule has 0 aromatic carbocycles. The number of imidazole rings is 1. The molecule has 0 radical (unpaired) electrons. The van der Waals surface area contributed by atoms with Crippen LogP contribution in [0.15, 0.2) is 12.5 Å². The number of aromatic nitrogens is 2. The van der Waals surface area contributed by atoms with Gasteiger partial charge in [0.15, 0.2) is 0 Å². The van der Waals surface area contributed by atoms with Crippen LogP contribution in [0.4, 0.5) is 0 Å². The van der Waals surface area contributed by atoms with E-state index in [1.807, 2.05) is 12.5 Å². The van der Waals surface area contributed by atoms with Gasteiger partial charge in [-0.1, -0.05) is 26.7 Å². The first kappa shape index (κ1) is 15.0. The molecule has 1 aliphatic carbocycles. The molecule has 1 saturated carbocycles. The van der Waals surface area contributed by atoms with Gasteiger partial charge < -0.3 is 10.3 Å². The van der Waals surface area contributed by atoms with Gasteiger partial charge in [0.1, 0.15) is 0 Å². The van der Waals surface area contributed by atoms with Crippen LogP contribution in [0.2, 0.25) is 0 Å². The smallest absolute Gasteiger partial charge is 0.0951 e.